The third-order valence-electron chi connectivity index (χ3n) is 2.37. The summed E-state index contributed by atoms with van der Waals surface area (Å²) in [4.78, 5) is 10.6. The molecule has 0 saturated carbocycles. The largest absolute Gasteiger partial charge is 0.496 e. The average molecular weight is 286 g/mol. The van der Waals surface area contributed by atoms with Gasteiger partial charge in [0.2, 0.25) is 0 Å². The molecule has 1 aromatic carbocycles. The quantitative estimate of drug-likeness (QED) is 0.625. The van der Waals surface area contributed by atoms with Crippen molar-refractivity contribution >= 4 is 6.29 Å². The second kappa shape index (κ2) is 5.10. The molecule has 0 aliphatic carbocycles. The molecule has 0 heterocycles. The third kappa shape index (κ3) is 3.18. The van der Waals surface area contributed by atoms with Crippen LogP contribution in [0.2, 0.25) is 0 Å². The van der Waals surface area contributed by atoms with E-state index in [0.29, 0.717) is 6.07 Å². The van der Waals surface area contributed by atoms with Gasteiger partial charge in [-0.3, -0.25) is 4.79 Å². The summed E-state index contributed by atoms with van der Waals surface area (Å²) in [7, 11) is 0.898. The Bertz CT molecular complexity index is 449. The zero-order valence-corrected chi connectivity index (χ0v) is 9.47. The zero-order chi connectivity index (χ0) is 14.8. The summed E-state index contributed by atoms with van der Waals surface area (Å²) in [5, 5.41) is 0. The Morgan fingerprint density at radius 3 is 2.00 bits per heavy atom. The third-order valence-corrected chi connectivity index (χ3v) is 2.37. The molecule has 0 unspecified atom stereocenters. The van der Waals surface area contributed by atoms with E-state index in [0.717, 1.165) is 19.2 Å². The summed E-state index contributed by atoms with van der Waals surface area (Å²) in [5.41, 5.74) is -1.51. The molecule has 2 nitrogen and oxygen atoms in total. The Labute approximate surface area is 104 Å². The Balaban J connectivity index is 3.52. The van der Waals surface area contributed by atoms with Gasteiger partial charge in [-0.15, -0.1) is 0 Å². The summed E-state index contributed by atoms with van der Waals surface area (Å²) in [6, 6.07) is 2.64. The maximum absolute atomic E-state index is 12.6. The SMILES string of the molecule is COc1c(C=O)cccc1C(C(F)(F)F)C(F)(F)F. The van der Waals surface area contributed by atoms with Gasteiger partial charge >= 0.3 is 12.4 Å². The molecule has 8 heteroatoms. The zero-order valence-electron chi connectivity index (χ0n) is 9.47. The van der Waals surface area contributed by atoms with Crippen LogP contribution in [0, 0.1) is 0 Å². The molecule has 0 atom stereocenters. The van der Waals surface area contributed by atoms with Crippen molar-refractivity contribution < 1.29 is 35.9 Å². The number of carbonyl (C=O) groups excluding carboxylic acids is 1. The van der Waals surface area contributed by atoms with E-state index in [4.69, 9.17) is 0 Å². The number of ether oxygens (including phenoxy) is 1. The van der Waals surface area contributed by atoms with Crippen molar-refractivity contribution in [3.63, 3.8) is 0 Å². The number of para-hydroxylation sites is 1. The van der Waals surface area contributed by atoms with Gasteiger partial charge in [-0.2, -0.15) is 26.3 Å². The number of benzene rings is 1. The van der Waals surface area contributed by atoms with Gasteiger partial charge in [-0.05, 0) is 6.07 Å². The second-order valence-corrected chi connectivity index (χ2v) is 3.60. The molecule has 0 bridgehead atoms. The molecular formula is C11H8F6O2. The van der Waals surface area contributed by atoms with Crippen LogP contribution in [0.25, 0.3) is 0 Å². The highest BCUT2D eigenvalue weighted by atomic mass is 19.4. The molecule has 1 aromatic rings. The fourth-order valence-corrected chi connectivity index (χ4v) is 1.67. The van der Waals surface area contributed by atoms with Crippen molar-refractivity contribution in [1.29, 1.82) is 0 Å². The van der Waals surface area contributed by atoms with Gasteiger partial charge in [0.25, 0.3) is 0 Å². The lowest BCUT2D eigenvalue weighted by Crippen LogP contribution is -2.34. The molecule has 106 valence electrons. The highest BCUT2D eigenvalue weighted by Crippen LogP contribution is 2.49. The van der Waals surface area contributed by atoms with Crippen molar-refractivity contribution in [2.45, 2.75) is 18.3 Å². The first-order chi connectivity index (χ1) is 8.62. The Morgan fingerprint density at radius 1 is 1.11 bits per heavy atom. The second-order valence-electron chi connectivity index (χ2n) is 3.60. The van der Waals surface area contributed by atoms with Crippen LogP contribution in [-0.2, 0) is 0 Å². The van der Waals surface area contributed by atoms with Crippen molar-refractivity contribution in [3.8, 4) is 5.75 Å². The molecular weight excluding hydrogens is 278 g/mol. The molecule has 0 aliphatic heterocycles. The number of alkyl halides is 6. The minimum atomic E-state index is -5.53. The van der Waals surface area contributed by atoms with Crippen LogP contribution in [0.4, 0.5) is 26.3 Å². The summed E-state index contributed by atoms with van der Waals surface area (Å²) in [6.07, 6.45) is -10.9. The van der Waals surface area contributed by atoms with Crippen LogP contribution in [0.1, 0.15) is 21.8 Å². The van der Waals surface area contributed by atoms with E-state index in [1.165, 1.54) is 0 Å². The van der Waals surface area contributed by atoms with Crippen LogP contribution in [0.15, 0.2) is 18.2 Å². The minimum Gasteiger partial charge on any atom is -0.496 e. The lowest BCUT2D eigenvalue weighted by Gasteiger charge is -2.25. The van der Waals surface area contributed by atoms with Crippen molar-refractivity contribution in [2.75, 3.05) is 7.11 Å². The van der Waals surface area contributed by atoms with Crippen LogP contribution < -0.4 is 4.74 Å². The van der Waals surface area contributed by atoms with E-state index in [2.05, 4.69) is 4.74 Å². The summed E-state index contributed by atoms with van der Waals surface area (Å²) >= 11 is 0. The predicted octanol–water partition coefficient (Wildman–Crippen LogP) is 3.72. The van der Waals surface area contributed by atoms with Crippen LogP contribution in [0.3, 0.4) is 0 Å². The molecule has 1 rings (SSSR count). The molecule has 0 aromatic heterocycles. The maximum atomic E-state index is 12.6. The van der Waals surface area contributed by atoms with Gasteiger partial charge < -0.3 is 4.74 Å². The van der Waals surface area contributed by atoms with E-state index in [1.807, 2.05) is 0 Å². The fraction of sp³-hybridized carbons (Fsp3) is 0.364. The van der Waals surface area contributed by atoms with Gasteiger partial charge in [0.15, 0.2) is 12.2 Å². The molecule has 0 spiro atoms. The topological polar surface area (TPSA) is 26.3 Å². The predicted molar refractivity (Wildman–Crippen MR) is 53.2 cm³/mol. The first-order valence-corrected chi connectivity index (χ1v) is 4.88. The smallest absolute Gasteiger partial charge is 0.404 e. The van der Waals surface area contributed by atoms with E-state index in [-0.39, 0.29) is 11.8 Å². The summed E-state index contributed by atoms with van der Waals surface area (Å²) in [5.74, 6) is -4.42. The fourth-order valence-electron chi connectivity index (χ4n) is 1.67. The number of rotatable bonds is 3. The van der Waals surface area contributed by atoms with Gasteiger partial charge in [0, 0.05) is 5.56 Å². The normalized spacial score (nSPS) is 12.6. The van der Waals surface area contributed by atoms with Crippen molar-refractivity contribution in [2.24, 2.45) is 0 Å². The number of hydrogen-bond donors (Lipinski definition) is 0. The number of hydrogen-bond acceptors (Lipinski definition) is 2. The highest BCUT2D eigenvalue weighted by molar-refractivity contribution is 5.80. The van der Waals surface area contributed by atoms with E-state index in [9.17, 15) is 31.1 Å². The van der Waals surface area contributed by atoms with E-state index < -0.39 is 29.6 Å². The Hall–Kier alpha value is -1.73. The minimum absolute atomic E-state index is 0.131. The lowest BCUT2D eigenvalue weighted by atomic mass is 9.95. The van der Waals surface area contributed by atoms with Crippen LogP contribution in [0.5, 0.6) is 5.75 Å². The van der Waals surface area contributed by atoms with Gasteiger partial charge in [0.1, 0.15) is 5.75 Å². The number of aldehydes is 1. The van der Waals surface area contributed by atoms with Gasteiger partial charge in [-0.1, -0.05) is 12.1 Å². The molecule has 19 heavy (non-hydrogen) atoms. The number of halogens is 6. The molecule has 0 N–H and O–H groups in total. The maximum Gasteiger partial charge on any atom is 0.404 e. The molecule has 0 aliphatic rings. The van der Waals surface area contributed by atoms with Crippen LogP contribution in [-0.4, -0.2) is 25.7 Å². The number of methoxy groups -OCH3 is 1. The first-order valence-electron chi connectivity index (χ1n) is 4.88. The Kier molecular flexibility index (Phi) is 4.12. The summed E-state index contributed by atoms with van der Waals surface area (Å²) in [6.45, 7) is 0. The van der Waals surface area contributed by atoms with E-state index in [1.54, 1.807) is 0 Å². The van der Waals surface area contributed by atoms with Gasteiger partial charge in [-0.25, -0.2) is 0 Å². The van der Waals surface area contributed by atoms with Crippen molar-refractivity contribution in [1.82, 2.24) is 0 Å². The number of carbonyl (C=O) groups is 1. The Morgan fingerprint density at radius 2 is 1.63 bits per heavy atom. The molecule has 0 saturated heterocycles. The summed E-state index contributed by atoms with van der Waals surface area (Å²) < 4.78 is 80.0. The molecule has 0 fully saturated rings. The average Bonchev–Trinajstić information content (AvgIpc) is 2.24. The first kappa shape index (κ1) is 15.3. The lowest BCUT2D eigenvalue weighted by molar-refractivity contribution is -0.253. The van der Waals surface area contributed by atoms with Crippen LogP contribution >= 0.6 is 0 Å². The van der Waals surface area contributed by atoms with Crippen molar-refractivity contribution in [3.05, 3.63) is 29.3 Å². The standard InChI is InChI=1S/C11H8F6O2/c1-19-8-6(5-18)3-2-4-7(8)9(10(12,13)14)11(15,16)17/h2-5,9H,1H3. The monoisotopic (exact) mass is 286 g/mol. The molecule has 0 radical (unpaired) electrons. The molecule has 0 amide bonds. The van der Waals surface area contributed by atoms with Gasteiger partial charge in [0.05, 0.1) is 12.7 Å². The van der Waals surface area contributed by atoms with E-state index >= 15 is 0 Å². The highest BCUT2D eigenvalue weighted by Gasteiger charge is 2.58.